The summed E-state index contributed by atoms with van der Waals surface area (Å²) in [7, 11) is 3.68. The second-order valence-electron chi connectivity index (χ2n) is 6.56. The van der Waals surface area contributed by atoms with Gasteiger partial charge in [-0.15, -0.1) is 0 Å². The minimum absolute atomic E-state index is 0.220. The van der Waals surface area contributed by atoms with Crippen molar-refractivity contribution in [2.24, 2.45) is 0 Å². The van der Waals surface area contributed by atoms with Gasteiger partial charge in [0, 0.05) is 23.5 Å². The summed E-state index contributed by atoms with van der Waals surface area (Å²) >= 11 is 0. The lowest BCUT2D eigenvalue weighted by Gasteiger charge is -2.36. The Balaban J connectivity index is 1.57. The molecule has 2 atom stereocenters. The molecule has 5 heteroatoms. The Kier molecular flexibility index (Phi) is 3.53. The maximum Gasteiger partial charge on any atom is 0.379 e. The number of rotatable bonds is 3. The van der Waals surface area contributed by atoms with E-state index in [2.05, 4.69) is 11.9 Å². The maximum atomic E-state index is 11.8. The van der Waals surface area contributed by atoms with Gasteiger partial charge in [-0.2, -0.15) is 0 Å². The van der Waals surface area contributed by atoms with Crippen molar-refractivity contribution in [3.8, 4) is 11.5 Å². The van der Waals surface area contributed by atoms with Gasteiger partial charge < -0.3 is 18.8 Å². The second kappa shape index (κ2) is 5.57. The van der Waals surface area contributed by atoms with E-state index in [1.54, 1.807) is 12.1 Å². The summed E-state index contributed by atoms with van der Waals surface area (Å²) in [4.78, 5) is 14.2. The van der Waals surface area contributed by atoms with Crippen LogP contribution in [0.4, 0.5) is 0 Å². The van der Waals surface area contributed by atoms with Crippen LogP contribution in [0.2, 0.25) is 0 Å². The van der Waals surface area contributed by atoms with Gasteiger partial charge in [0.25, 0.3) is 0 Å². The minimum atomic E-state index is -0.463. The van der Waals surface area contributed by atoms with E-state index in [1.165, 1.54) is 20.0 Å². The van der Waals surface area contributed by atoms with Gasteiger partial charge in [-0.1, -0.05) is 0 Å². The van der Waals surface area contributed by atoms with E-state index in [0.29, 0.717) is 17.7 Å². The molecule has 0 saturated carbocycles. The van der Waals surface area contributed by atoms with Gasteiger partial charge in [0.15, 0.2) is 0 Å². The molecule has 23 heavy (non-hydrogen) atoms. The molecular weight excluding hydrogens is 294 g/mol. The van der Waals surface area contributed by atoms with Crippen molar-refractivity contribution in [1.29, 1.82) is 0 Å². The highest BCUT2D eigenvalue weighted by atomic mass is 16.5. The Bertz CT molecular complexity index is 770. The second-order valence-corrected chi connectivity index (χ2v) is 6.56. The lowest BCUT2D eigenvalue weighted by molar-refractivity contribution is 0.0662. The average Bonchev–Trinajstić information content (AvgIpc) is 2.75. The van der Waals surface area contributed by atoms with Crippen molar-refractivity contribution in [2.75, 3.05) is 14.2 Å². The van der Waals surface area contributed by atoms with Crippen LogP contribution in [0.1, 0.15) is 25.7 Å². The number of piperidine rings is 1. The fourth-order valence-corrected chi connectivity index (χ4v) is 3.94. The number of fused-ring (bicyclic) bond motifs is 3. The van der Waals surface area contributed by atoms with E-state index >= 15 is 0 Å². The van der Waals surface area contributed by atoms with Gasteiger partial charge >= 0.3 is 5.63 Å². The quantitative estimate of drug-likeness (QED) is 0.815. The van der Waals surface area contributed by atoms with E-state index in [-0.39, 0.29) is 11.9 Å². The summed E-state index contributed by atoms with van der Waals surface area (Å²) in [6, 6.07) is 8.61. The maximum absolute atomic E-state index is 11.8. The summed E-state index contributed by atoms with van der Waals surface area (Å²) in [5.41, 5.74) is 0.0682. The van der Waals surface area contributed by atoms with Crippen molar-refractivity contribution < 1.29 is 13.9 Å². The number of methoxy groups -OCH3 is 1. The molecule has 2 aliphatic heterocycles. The van der Waals surface area contributed by atoms with Crippen LogP contribution >= 0.6 is 0 Å². The third-order valence-electron chi connectivity index (χ3n) is 5.25. The predicted octanol–water partition coefficient (Wildman–Crippen LogP) is 2.81. The number of benzene rings is 1. The highest BCUT2D eigenvalue weighted by molar-refractivity contribution is 5.79. The van der Waals surface area contributed by atoms with Crippen molar-refractivity contribution in [3.05, 3.63) is 34.7 Å². The molecule has 2 bridgehead atoms. The minimum Gasteiger partial charge on any atom is -0.490 e. The van der Waals surface area contributed by atoms with Crippen LogP contribution in [0.15, 0.2) is 33.5 Å². The SMILES string of the molecule is COc1cc2ccc(OC3C[C@H]4CC[C@H](C3)N4C)cc2oc1=O. The molecule has 0 N–H and O–H groups in total. The molecule has 1 aromatic heterocycles. The highest BCUT2D eigenvalue weighted by Crippen LogP contribution is 2.36. The molecule has 4 rings (SSSR count). The zero-order valence-corrected chi connectivity index (χ0v) is 13.5. The average molecular weight is 315 g/mol. The van der Waals surface area contributed by atoms with Crippen molar-refractivity contribution >= 4 is 11.0 Å². The predicted molar refractivity (Wildman–Crippen MR) is 87.3 cm³/mol. The first kappa shape index (κ1) is 14.6. The van der Waals surface area contributed by atoms with Gasteiger partial charge in [-0.25, -0.2) is 4.79 Å². The monoisotopic (exact) mass is 315 g/mol. The molecule has 2 saturated heterocycles. The van der Waals surface area contributed by atoms with Gasteiger partial charge in [-0.3, -0.25) is 0 Å². The summed E-state index contributed by atoms with van der Waals surface area (Å²) in [6.45, 7) is 0. The van der Waals surface area contributed by atoms with Crippen LogP contribution < -0.4 is 15.1 Å². The van der Waals surface area contributed by atoms with Crippen molar-refractivity contribution in [2.45, 2.75) is 43.9 Å². The fraction of sp³-hybridized carbons (Fsp3) is 0.500. The summed E-state index contributed by atoms with van der Waals surface area (Å²) in [5.74, 6) is 0.984. The number of hydrogen-bond donors (Lipinski definition) is 0. The van der Waals surface area contributed by atoms with Gasteiger partial charge in [-0.05, 0) is 50.9 Å². The van der Waals surface area contributed by atoms with E-state index in [4.69, 9.17) is 13.9 Å². The van der Waals surface area contributed by atoms with E-state index in [0.717, 1.165) is 24.0 Å². The summed E-state index contributed by atoms with van der Waals surface area (Å²) in [6.07, 6.45) is 4.92. The van der Waals surface area contributed by atoms with Gasteiger partial charge in [0.2, 0.25) is 5.75 Å². The van der Waals surface area contributed by atoms with Crippen LogP contribution in [0.3, 0.4) is 0 Å². The van der Waals surface area contributed by atoms with Crippen LogP contribution in [0.25, 0.3) is 11.0 Å². The Morgan fingerprint density at radius 2 is 1.91 bits per heavy atom. The molecule has 0 aliphatic carbocycles. The normalized spacial score (nSPS) is 27.3. The largest absolute Gasteiger partial charge is 0.490 e. The Hall–Kier alpha value is -2.01. The molecule has 0 amide bonds. The molecular formula is C18H21NO4. The number of ether oxygens (including phenoxy) is 2. The Morgan fingerprint density at radius 1 is 1.17 bits per heavy atom. The lowest BCUT2D eigenvalue weighted by atomic mass is 10.0. The number of hydrogen-bond acceptors (Lipinski definition) is 5. The molecule has 0 spiro atoms. The highest BCUT2D eigenvalue weighted by Gasteiger charge is 2.39. The molecule has 5 nitrogen and oxygen atoms in total. The first-order valence-corrected chi connectivity index (χ1v) is 8.14. The summed E-state index contributed by atoms with van der Waals surface area (Å²) in [5, 5.41) is 0.831. The molecule has 2 fully saturated rings. The molecule has 0 unspecified atom stereocenters. The molecule has 2 aliphatic rings. The van der Waals surface area contributed by atoms with Gasteiger partial charge in [0.05, 0.1) is 7.11 Å². The van der Waals surface area contributed by atoms with Crippen LogP contribution in [-0.2, 0) is 0 Å². The van der Waals surface area contributed by atoms with Crippen LogP contribution in [0, 0.1) is 0 Å². The van der Waals surface area contributed by atoms with Gasteiger partial charge in [0.1, 0.15) is 17.4 Å². The molecule has 1 aromatic carbocycles. The number of nitrogens with zero attached hydrogens (tertiary/aromatic N) is 1. The molecule has 3 heterocycles. The van der Waals surface area contributed by atoms with Crippen LogP contribution in [0.5, 0.6) is 11.5 Å². The smallest absolute Gasteiger partial charge is 0.379 e. The Morgan fingerprint density at radius 3 is 2.61 bits per heavy atom. The Labute approximate surface area is 134 Å². The van der Waals surface area contributed by atoms with E-state index in [1.807, 2.05) is 12.1 Å². The summed E-state index contributed by atoms with van der Waals surface area (Å²) < 4.78 is 16.5. The zero-order chi connectivity index (χ0) is 16.0. The van der Waals surface area contributed by atoms with Crippen molar-refractivity contribution in [1.82, 2.24) is 4.90 Å². The standard InChI is InChI=1S/C18H21NO4/c1-19-12-4-5-13(19)9-15(8-12)22-14-6-3-11-7-17(21-2)18(20)23-16(11)10-14/h3,6-7,10,12-13,15H,4-5,8-9H2,1-2H3/t12-,13-/m1/s1. The third-order valence-corrected chi connectivity index (χ3v) is 5.25. The topological polar surface area (TPSA) is 51.9 Å². The van der Waals surface area contributed by atoms with E-state index in [9.17, 15) is 4.79 Å². The van der Waals surface area contributed by atoms with Crippen LogP contribution in [-0.4, -0.2) is 37.2 Å². The fourth-order valence-electron chi connectivity index (χ4n) is 3.94. The zero-order valence-electron chi connectivity index (χ0n) is 13.5. The first-order valence-electron chi connectivity index (χ1n) is 8.14. The molecule has 122 valence electrons. The molecule has 2 aromatic rings. The van der Waals surface area contributed by atoms with E-state index < -0.39 is 5.63 Å². The first-order chi connectivity index (χ1) is 11.1. The van der Waals surface area contributed by atoms with Crippen molar-refractivity contribution in [3.63, 3.8) is 0 Å². The third kappa shape index (κ3) is 2.59. The lowest BCUT2D eigenvalue weighted by Crippen LogP contribution is -2.43. The molecule has 0 radical (unpaired) electrons.